The Morgan fingerprint density at radius 1 is 1.21 bits per heavy atom. The van der Waals surface area contributed by atoms with Crippen molar-refractivity contribution in [3.8, 4) is 11.3 Å². The van der Waals surface area contributed by atoms with E-state index in [2.05, 4.69) is 20.3 Å². The number of methoxy groups -OCH3 is 1. The minimum Gasteiger partial charge on any atom is -0.464 e. The number of carbonyl (C=O) groups excluding carboxylic acids is 1. The molecular formula is C21H25N5O2. The topological polar surface area (TPSA) is 81.9 Å². The monoisotopic (exact) mass is 379 g/mol. The number of rotatable bonds is 7. The van der Waals surface area contributed by atoms with Gasteiger partial charge in [-0.2, -0.15) is 0 Å². The van der Waals surface area contributed by atoms with Gasteiger partial charge in [-0.05, 0) is 44.5 Å². The minimum atomic E-state index is -0.366. The second-order valence-corrected chi connectivity index (χ2v) is 6.69. The van der Waals surface area contributed by atoms with Gasteiger partial charge < -0.3 is 14.6 Å². The molecule has 0 spiro atoms. The second kappa shape index (κ2) is 8.75. The van der Waals surface area contributed by atoms with Gasteiger partial charge in [0.1, 0.15) is 11.5 Å². The number of hydrogen-bond donors (Lipinski definition) is 1. The van der Waals surface area contributed by atoms with Crippen LogP contribution < -0.4 is 5.32 Å². The first-order valence-electron chi connectivity index (χ1n) is 9.20. The second-order valence-electron chi connectivity index (χ2n) is 6.69. The molecule has 146 valence electrons. The van der Waals surface area contributed by atoms with Crippen molar-refractivity contribution in [3.05, 3.63) is 65.1 Å². The lowest BCUT2D eigenvalue weighted by atomic mass is 10.1. The smallest absolute Gasteiger partial charge is 0.354 e. The van der Waals surface area contributed by atoms with Gasteiger partial charge in [-0.25, -0.2) is 14.8 Å². The van der Waals surface area contributed by atoms with E-state index in [1.807, 2.05) is 55.8 Å². The molecular weight excluding hydrogens is 354 g/mol. The van der Waals surface area contributed by atoms with Crippen LogP contribution in [-0.2, 0) is 17.8 Å². The number of carbonyl (C=O) groups is 1. The first-order chi connectivity index (χ1) is 13.5. The summed E-state index contributed by atoms with van der Waals surface area (Å²) in [4.78, 5) is 25.4. The van der Waals surface area contributed by atoms with Crippen molar-refractivity contribution in [2.45, 2.75) is 33.9 Å². The molecule has 0 aliphatic rings. The van der Waals surface area contributed by atoms with Crippen LogP contribution in [0.25, 0.3) is 11.3 Å². The fourth-order valence-electron chi connectivity index (χ4n) is 3.04. The normalized spacial score (nSPS) is 10.9. The van der Waals surface area contributed by atoms with Gasteiger partial charge >= 0.3 is 5.97 Å². The number of esters is 1. The van der Waals surface area contributed by atoms with Gasteiger partial charge in [-0.3, -0.25) is 4.98 Å². The third-order valence-corrected chi connectivity index (χ3v) is 4.44. The summed E-state index contributed by atoms with van der Waals surface area (Å²) in [7, 11) is 1.39. The summed E-state index contributed by atoms with van der Waals surface area (Å²) in [5.74, 6) is 0.329. The molecule has 28 heavy (non-hydrogen) atoms. The third kappa shape index (κ3) is 4.61. The molecule has 7 heteroatoms. The van der Waals surface area contributed by atoms with Crippen LogP contribution in [0.15, 0.2) is 36.7 Å². The highest BCUT2D eigenvalue weighted by Crippen LogP contribution is 2.24. The van der Waals surface area contributed by atoms with E-state index in [1.165, 1.54) is 7.11 Å². The highest BCUT2D eigenvalue weighted by molar-refractivity contribution is 5.89. The number of nitrogens with zero attached hydrogens (tertiary/aromatic N) is 4. The van der Waals surface area contributed by atoms with E-state index in [9.17, 15) is 4.79 Å². The molecule has 0 amide bonds. The van der Waals surface area contributed by atoms with Gasteiger partial charge in [0.05, 0.1) is 18.5 Å². The molecule has 1 N–H and O–H groups in total. The van der Waals surface area contributed by atoms with E-state index in [1.54, 1.807) is 6.20 Å². The predicted octanol–water partition coefficient (Wildman–Crippen LogP) is 2.84. The van der Waals surface area contributed by atoms with E-state index in [0.717, 1.165) is 28.2 Å². The van der Waals surface area contributed by atoms with Gasteiger partial charge in [0.2, 0.25) is 0 Å². The number of hydrogen-bond acceptors (Lipinski definition) is 6. The van der Waals surface area contributed by atoms with E-state index in [0.29, 0.717) is 31.2 Å². The van der Waals surface area contributed by atoms with Crippen molar-refractivity contribution in [2.75, 3.05) is 13.7 Å². The SMILES string of the molecule is COC(=O)c1cc(-c2nc(C)ncc2C)cn1CCNCc1cccc(C)n1. The van der Waals surface area contributed by atoms with Crippen molar-refractivity contribution >= 4 is 5.97 Å². The van der Waals surface area contributed by atoms with Crippen LogP contribution in [0.4, 0.5) is 0 Å². The van der Waals surface area contributed by atoms with Gasteiger partial charge in [-0.15, -0.1) is 0 Å². The van der Waals surface area contributed by atoms with E-state index >= 15 is 0 Å². The summed E-state index contributed by atoms with van der Waals surface area (Å²) >= 11 is 0. The van der Waals surface area contributed by atoms with Gasteiger partial charge in [-0.1, -0.05) is 6.07 Å². The molecule has 3 aromatic rings. The molecule has 0 aliphatic carbocycles. The number of aromatic nitrogens is 4. The highest BCUT2D eigenvalue weighted by atomic mass is 16.5. The zero-order chi connectivity index (χ0) is 20.1. The molecule has 3 rings (SSSR count). The Hall–Kier alpha value is -3.06. The van der Waals surface area contributed by atoms with Crippen LogP contribution in [0.2, 0.25) is 0 Å². The van der Waals surface area contributed by atoms with E-state index in [4.69, 9.17) is 4.74 Å². The number of pyridine rings is 1. The zero-order valence-corrected chi connectivity index (χ0v) is 16.7. The summed E-state index contributed by atoms with van der Waals surface area (Å²) in [6, 6.07) is 7.79. The molecule has 0 unspecified atom stereocenters. The van der Waals surface area contributed by atoms with Crippen molar-refractivity contribution in [1.82, 2.24) is 24.8 Å². The predicted molar refractivity (Wildman–Crippen MR) is 107 cm³/mol. The molecule has 0 saturated carbocycles. The quantitative estimate of drug-likeness (QED) is 0.502. The van der Waals surface area contributed by atoms with Crippen LogP contribution in [-0.4, -0.2) is 39.1 Å². The number of nitrogens with one attached hydrogen (secondary N) is 1. The van der Waals surface area contributed by atoms with Crippen molar-refractivity contribution in [1.29, 1.82) is 0 Å². The van der Waals surface area contributed by atoms with Gasteiger partial charge in [0, 0.05) is 43.3 Å². The van der Waals surface area contributed by atoms with E-state index < -0.39 is 0 Å². The van der Waals surface area contributed by atoms with Crippen LogP contribution in [0.1, 0.15) is 33.3 Å². The molecule has 3 heterocycles. The summed E-state index contributed by atoms with van der Waals surface area (Å²) in [5, 5.41) is 3.37. The summed E-state index contributed by atoms with van der Waals surface area (Å²) in [5.41, 5.74) is 5.16. The molecule has 0 atom stereocenters. The molecule has 0 aliphatic heterocycles. The van der Waals surface area contributed by atoms with Crippen LogP contribution in [0, 0.1) is 20.8 Å². The standard InChI is InChI=1S/C21H25N5O2/c1-14-11-23-16(3)25-20(14)17-10-19(21(27)28-4)26(13-17)9-8-22-12-18-7-5-6-15(2)24-18/h5-7,10-11,13,22H,8-9,12H2,1-4H3. The summed E-state index contributed by atoms with van der Waals surface area (Å²) in [6.45, 7) is 7.78. The molecule has 3 aromatic heterocycles. The first-order valence-corrected chi connectivity index (χ1v) is 9.20. The lowest BCUT2D eigenvalue weighted by Gasteiger charge is -2.09. The average molecular weight is 379 g/mol. The van der Waals surface area contributed by atoms with Crippen LogP contribution >= 0.6 is 0 Å². The maximum atomic E-state index is 12.2. The number of ether oxygens (including phenoxy) is 1. The molecule has 7 nitrogen and oxygen atoms in total. The van der Waals surface area contributed by atoms with Crippen molar-refractivity contribution in [3.63, 3.8) is 0 Å². The third-order valence-electron chi connectivity index (χ3n) is 4.44. The summed E-state index contributed by atoms with van der Waals surface area (Å²) < 4.78 is 6.84. The lowest BCUT2D eigenvalue weighted by Crippen LogP contribution is -2.21. The Kier molecular flexibility index (Phi) is 6.16. The Balaban J connectivity index is 1.75. The fraction of sp³-hybridized carbons (Fsp3) is 0.333. The fourth-order valence-corrected chi connectivity index (χ4v) is 3.04. The Morgan fingerprint density at radius 3 is 2.79 bits per heavy atom. The Morgan fingerprint density at radius 2 is 2.04 bits per heavy atom. The van der Waals surface area contributed by atoms with Gasteiger partial charge in [0.15, 0.2) is 0 Å². The summed E-state index contributed by atoms with van der Waals surface area (Å²) in [6.07, 6.45) is 3.73. The molecule has 0 saturated heterocycles. The van der Waals surface area contributed by atoms with Crippen molar-refractivity contribution in [2.24, 2.45) is 0 Å². The van der Waals surface area contributed by atoms with Crippen molar-refractivity contribution < 1.29 is 9.53 Å². The number of aryl methyl sites for hydroxylation is 3. The zero-order valence-electron chi connectivity index (χ0n) is 16.7. The van der Waals surface area contributed by atoms with Crippen LogP contribution in [0.5, 0.6) is 0 Å². The highest BCUT2D eigenvalue weighted by Gasteiger charge is 2.17. The maximum absolute atomic E-state index is 12.2. The molecule has 0 bridgehead atoms. The first kappa shape index (κ1) is 19.7. The molecule has 0 aromatic carbocycles. The minimum absolute atomic E-state index is 0.366. The largest absolute Gasteiger partial charge is 0.464 e. The average Bonchev–Trinajstić information content (AvgIpc) is 3.10. The van der Waals surface area contributed by atoms with E-state index in [-0.39, 0.29) is 5.97 Å². The lowest BCUT2D eigenvalue weighted by molar-refractivity contribution is 0.0588. The Bertz CT molecular complexity index is 981. The maximum Gasteiger partial charge on any atom is 0.354 e. The van der Waals surface area contributed by atoms with Gasteiger partial charge in [0.25, 0.3) is 0 Å². The van der Waals surface area contributed by atoms with Crippen LogP contribution in [0.3, 0.4) is 0 Å². The molecule has 0 radical (unpaired) electrons. The molecule has 0 fully saturated rings. The Labute approximate surface area is 164 Å².